The molecule has 36 heavy (non-hydrogen) atoms. The third kappa shape index (κ3) is 5.08. The number of carbonyl (C=O) groups is 2. The molecule has 0 spiro atoms. The zero-order chi connectivity index (χ0) is 25.2. The maximum Gasteiger partial charge on any atom is 0.233 e. The number of ether oxygens (including phenoxy) is 2. The van der Waals surface area contributed by atoms with Crippen LogP contribution in [0.4, 0.5) is 0 Å². The highest BCUT2D eigenvalue weighted by Crippen LogP contribution is 2.49. The van der Waals surface area contributed by atoms with Crippen molar-refractivity contribution in [3.05, 3.63) is 24.2 Å². The van der Waals surface area contributed by atoms with E-state index in [9.17, 15) is 24.9 Å². The minimum Gasteiger partial charge on any atom is -0.467 e. The average molecular weight is 507 g/mol. The van der Waals surface area contributed by atoms with Crippen LogP contribution in [0.25, 0.3) is 0 Å². The van der Waals surface area contributed by atoms with Crippen molar-refractivity contribution in [2.24, 2.45) is 28.8 Å². The van der Waals surface area contributed by atoms with E-state index in [1.54, 1.807) is 18.4 Å². The Bertz CT molecular complexity index is 945. The lowest BCUT2D eigenvalue weighted by Crippen LogP contribution is -2.54. The number of hydrogen-bond donors (Lipinski definition) is 3. The molecule has 8 atom stereocenters. The van der Waals surface area contributed by atoms with Crippen molar-refractivity contribution in [3.63, 3.8) is 0 Å². The number of furan rings is 1. The standard InChI is InChI=1S/C25H34N2O9/c28-14(11-33-13-16-4-2-8-35-16)12-36-26-19-9-20(29)23(30)21-17(19)5-6-18-22(21)25(32)27(24(18)31)10-15-3-1-7-34-15/h2,4,8,14-15,17-18,20-23,28-30H,1,3,5-7,9-13H2/b26-19+/t14-,15-,17+,18+,20+,21-,22+,23+/m0/s1. The maximum absolute atomic E-state index is 13.4. The summed E-state index contributed by atoms with van der Waals surface area (Å²) in [6, 6.07) is 3.52. The molecular weight excluding hydrogens is 472 g/mol. The molecule has 11 nitrogen and oxygen atoms in total. The lowest BCUT2D eigenvalue weighted by atomic mass is 9.60. The molecule has 0 bridgehead atoms. The van der Waals surface area contributed by atoms with E-state index < -0.39 is 36.1 Å². The summed E-state index contributed by atoms with van der Waals surface area (Å²) in [6.07, 6.45) is 1.11. The second-order valence-corrected chi connectivity index (χ2v) is 10.2. The molecule has 1 aromatic heterocycles. The molecule has 1 aromatic rings. The number of imide groups is 1. The van der Waals surface area contributed by atoms with Gasteiger partial charge in [0, 0.05) is 24.9 Å². The van der Waals surface area contributed by atoms with E-state index in [0.717, 1.165) is 12.8 Å². The second kappa shape index (κ2) is 11.0. The highest BCUT2D eigenvalue weighted by molar-refractivity contribution is 6.06. The molecule has 2 aliphatic heterocycles. The van der Waals surface area contributed by atoms with Crippen LogP contribution in [0.3, 0.4) is 0 Å². The van der Waals surface area contributed by atoms with E-state index in [0.29, 0.717) is 30.9 Å². The van der Waals surface area contributed by atoms with E-state index in [2.05, 4.69) is 5.16 Å². The fraction of sp³-hybridized carbons (Fsp3) is 0.720. The van der Waals surface area contributed by atoms with Crippen LogP contribution in [0.5, 0.6) is 0 Å². The van der Waals surface area contributed by atoms with Crippen molar-refractivity contribution in [1.82, 2.24) is 4.90 Å². The van der Waals surface area contributed by atoms with Gasteiger partial charge in [-0.1, -0.05) is 5.16 Å². The number of fused-ring (bicyclic) bond motifs is 3. The fourth-order valence-electron chi connectivity index (χ4n) is 6.16. The quantitative estimate of drug-likeness (QED) is 0.320. The molecule has 4 fully saturated rings. The molecule has 0 unspecified atom stereocenters. The Morgan fingerprint density at radius 1 is 1.14 bits per heavy atom. The second-order valence-electron chi connectivity index (χ2n) is 10.2. The first-order valence-electron chi connectivity index (χ1n) is 12.7. The highest BCUT2D eigenvalue weighted by atomic mass is 16.6. The lowest BCUT2D eigenvalue weighted by molar-refractivity contribution is -0.143. The first kappa shape index (κ1) is 25.3. The summed E-state index contributed by atoms with van der Waals surface area (Å²) in [6.45, 7) is 1.01. The van der Waals surface area contributed by atoms with E-state index >= 15 is 0 Å². The first-order valence-corrected chi connectivity index (χ1v) is 12.7. The van der Waals surface area contributed by atoms with E-state index in [1.807, 2.05) is 0 Å². The van der Waals surface area contributed by atoms with Gasteiger partial charge in [-0.3, -0.25) is 14.5 Å². The Balaban J connectivity index is 1.21. The van der Waals surface area contributed by atoms with E-state index in [-0.39, 0.29) is 56.6 Å². The Morgan fingerprint density at radius 3 is 2.72 bits per heavy atom. The summed E-state index contributed by atoms with van der Waals surface area (Å²) in [5, 5.41) is 35.8. The number of aliphatic hydroxyl groups excluding tert-OH is 3. The molecule has 2 amide bonds. The van der Waals surface area contributed by atoms with Gasteiger partial charge in [0.1, 0.15) is 25.1 Å². The monoisotopic (exact) mass is 506 g/mol. The molecular formula is C25H34N2O9. The first-order chi connectivity index (χ1) is 17.4. The predicted octanol–water partition coefficient (Wildman–Crippen LogP) is 0.462. The van der Waals surface area contributed by atoms with Crippen LogP contribution in [0.2, 0.25) is 0 Å². The molecule has 5 rings (SSSR count). The maximum atomic E-state index is 13.4. The minimum absolute atomic E-state index is 0.0276. The fourth-order valence-corrected chi connectivity index (χ4v) is 6.16. The molecule has 11 heteroatoms. The van der Waals surface area contributed by atoms with Crippen molar-refractivity contribution in [1.29, 1.82) is 0 Å². The van der Waals surface area contributed by atoms with E-state index in [4.69, 9.17) is 18.7 Å². The van der Waals surface area contributed by atoms with Gasteiger partial charge in [-0.2, -0.15) is 0 Å². The summed E-state index contributed by atoms with van der Waals surface area (Å²) in [5.41, 5.74) is 0.540. The van der Waals surface area contributed by atoms with Crippen LogP contribution in [-0.4, -0.2) is 88.5 Å². The van der Waals surface area contributed by atoms with Crippen molar-refractivity contribution < 1.29 is 43.6 Å². The summed E-state index contributed by atoms with van der Waals surface area (Å²) in [7, 11) is 0. The third-order valence-electron chi connectivity index (χ3n) is 7.86. The lowest BCUT2D eigenvalue weighted by Gasteiger charge is -2.45. The smallest absolute Gasteiger partial charge is 0.233 e. The molecule has 2 saturated carbocycles. The Labute approximate surface area is 209 Å². The molecule has 0 aromatic carbocycles. The van der Waals surface area contributed by atoms with Crippen LogP contribution in [-0.2, 0) is 30.5 Å². The van der Waals surface area contributed by atoms with Crippen molar-refractivity contribution >= 4 is 17.5 Å². The van der Waals surface area contributed by atoms with Crippen LogP contribution in [0.1, 0.15) is 37.9 Å². The van der Waals surface area contributed by atoms with E-state index in [1.165, 1.54) is 4.90 Å². The number of aliphatic hydroxyl groups is 3. The number of nitrogens with zero attached hydrogens (tertiary/aromatic N) is 2. The molecule has 3 N–H and O–H groups in total. The molecule has 0 radical (unpaired) electrons. The normalized spacial score (nSPS) is 36.2. The summed E-state index contributed by atoms with van der Waals surface area (Å²) < 4.78 is 16.2. The van der Waals surface area contributed by atoms with Gasteiger partial charge in [0.25, 0.3) is 0 Å². The third-order valence-corrected chi connectivity index (χ3v) is 7.86. The minimum atomic E-state index is -1.14. The van der Waals surface area contributed by atoms with Crippen LogP contribution in [0, 0.1) is 23.7 Å². The van der Waals surface area contributed by atoms with Gasteiger partial charge < -0.3 is 34.0 Å². The number of likely N-dealkylation sites (tertiary alicyclic amines) is 1. The van der Waals surface area contributed by atoms with Gasteiger partial charge in [0.15, 0.2) is 0 Å². The number of rotatable bonds is 9. The highest BCUT2D eigenvalue weighted by Gasteiger charge is 2.59. The topological polar surface area (TPSA) is 151 Å². The predicted molar refractivity (Wildman–Crippen MR) is 123 cm³/mol. The van der Waals surface area contributed by atoms with Crippen LogP contribution >= 0.6 is 0 Å². The van der Waals surface area contributed by atoms with Gasteiger partial charge in [-0.15, -0.1) is 0 Å². The number of carbonyl (C=O) groups excluding carboxylic acids is 2. The van der Waals surface area contributed by atoms with Crippen LogP contribution < -0.4 is 0 Å². The summed E-state index contributed by atoms with van der Waals surface area (Å²) >= 11 is 0. The number of oxime groups is 1. The molecule has 2 saturated heterocycles. The van der Waals surface area contributed by atoms with Crippen molar-refractivity contribution in [2.45, 2.75) is 63.1 Å². The largest absolute Gasteiger partial charge is 0.467 e. The molecule has 3 heterocycles. The molecule has 4 aliphatic rings. The van der Waals surface area contributed by atoms with Crippen molar-refractivity contribution in [2.75, 3.05) is 26.4 Å². The Hall–Kier alpha value is -2.31. The molecule has 198 valence electrons. The summed E-state index contributed by atoms with van der Waals surface area (Å²) in [4.78, 5) is 33.2. The zero-order valence-electron chi connectivity index (χ0n) is 20.1. The molecule has 2 aliphatic carbocycles. The van der Waals surface area contributed by atoms with Gasteiger partial charge in [0.05, 0.1) is 55.3 Å². The van der Waals surface area contributed by atoms with Gasteiger partial charge in [0.2, 0.25) is 11.8 Å². The number of amides is 2. The van der Waals surface area contributed by atoms with Gasteiger partial charge >= 0.3 is 0 Å². The average Bonchev–Trinajstić information content (AvgIpc) is 3.62. The van der Waals surface area contributed by atoms with Crippen LogP contribution in [0.15, 0.2) is 28.0 Å². The van der Waals surface area contributed by atoms with Gasteiger partial charge in [-0.25, -0.2) is 0 Å². The van der Waals surface area contributed by atoms with Crippen molar-refractivity contribution in [3.8, 4) is 0 Å². The van der Waals surface area contributed by atoms with Gasteiger partial charge in [-0.05, 0) is 37.8 Å². The summed E-state index contributed by atoms with van der Waals surface area (Å²) in [5.74, 6) is -1.98. The number of hydrogen-bond acceptors (Lipinski definition) is 10. The SMILES string of the molecule is O=C1[C@H]2[C@H]3[C@H](O)[C@H](O)C/C(=N\OC[C@@H](O)COCc4ccco4)[C@H]3CC[C@H]2C(=O)N1C[C@@H]1CCCO1. The Morgan fingerprint density at radius 2 is 1.97 bits per heavy atom. The Kier molecular flexibility index (Phi) is 7.73. The zero-order valence-corrected chi connectivity index (χ0v) is 20.1.